The van der Waals surface area contributed by atoms with Gasteiger partial charge in [0.25, 0.3) is 0 Å². The Morgan fingerprint density at radius 1 is 1.20 bits per heavy atom. The molecule has 0 aromatic carbocycles. The Labute approximate surface area is 181 Å². The molecular formula is C21H28ClN7O. The molecule has 0 saturated carbocycles. The van der Waals surface area contributed by atoms with Gasteiger partial charge in [-0.2, -0.15) is 0 Å². The average Bonchev–Trinajstić information content (AvgIpc) is 3.32. The highest BCUT2D eigenvalue weighted by Crippen LogP contribution is 2.30. The second kappa shape index (κ2) is 8.95. The zero-order chi connectivity index (χ0) is 21.9. The third-order valence-electron chi connectivity index (χ3n) is 4.68. The maximum atomic E-state index is 9.22. The molecule has 0 bridgehead atoms. The van der Waals surface area contributed by atoms with Crippen molar-refractivity contribution in [1.82, 2.24) is 24.5 Å². The van der Waals surface area contributed by atoms with Crippen LogP contribution in [0.1, 0.15) is 52.1 Å². The predicted molar refractivity (Wildman–Crippen MR) is 119 cm³/mol. The van der Waals surface area contributed by atoms with E-state index in [4.69, 9.17) is 21.6 Å². The van der Waals surface area contributed by atoms with Gasteiger partial charge in [0.05, 0.1) is 23.6 Å². The molecule has 1 amide bonds. The van der Waals surface area contributed by atoms with E-state index in [-0.39, 0.29) is 11.3 Å². The number of aromatic nitrogens is 5. The lowest BCUT2D eigenvalue weighted by atomic mass is 9.96. The summed E-state index contributed by atoms with van der Waals surface area (Å²) in [7, 11) is 0. The quantitative estimate of drug-likeness (QED) is 0.685. The first kappa shape index (κ1) is 22.0. The number of rotatable bonds is 3. The van der Waals surface area contributed by atoms with E-state index in [1.165, 1.54) is 19.8 Å². The molecule has 3 aromatic rings. The van der Waals surface area contributed by atoms with E-state index in [0.29, 0.717) is 11.6 Å². The smallest absolute Gasteiger partial charge is 0.214 e. The Morgan fingerprint density at radius 2 is 1.87 bits per heavy atom. The van der Waals surface area contributed by atoms with Crippen LogP contribution in [0.25, 0.3) is 11.2 Å². The number of carbonyl (C=O) groups is 1. The van der Waals surface area contributed by atoms with E-state index >= 15 is 0 Å². The third-order valence-corrected chi connectivity index (χ3v) is 5.02. The highest BCUT2D eigenvalue weighted by molar-refractivity contribution is 6.31. The topological polar surface area (TPSA) is 103 Å². The van der Waals surface area contributed by atoms with Gasteiger partial charge in [0.1, 0.15) is 5.82 Å². The minimum absolute atomic E-state index is 0.138. The van der Waals surface area contributed by atoms with Crippen LogP contribution in [0.15, 0.2) is 24.7 Å². The first-order chi connectivity index (χ1) is 14.2. The van der Waals surface area contributed by atoms with Crippen molar-refractivity contribution in [3.05, 3.63) is 41.2 Å². The molecule has 160 valence electrons. The van der Waals surface area contributed by atoms with Crippen LogP contribution in [0.5, 0.6) is 0 Å². The number of anilines is 1. The molecule has 0 spiro atoms. The molecule has 1 aliphatic rings. The second-order valence-corrected chi connectivity index (χ2v) is 8.81. The normalized spacial score (nSPS) is 14.0. The fraction of sp³-hybridized carbons (Fsp3) is 0.476. The lowest BCUT2D eigenvalue weighted by Gasteiger charge is -2.22. The van der Waals surface area contributed by atoms with E-state index in [2.05, 4.69) is 41.4 Å². The number of carbonyl (C=O) groups excluding carboxylic acids is 1. The molecule has 1 fully saturated rings. The van der Waals surface area contributed by atoms with Crippen LogP contribution in [0.3, 0.4) is 0 Å². The van der Waals surface area contributed by atoms with Gasteiger partial charge < -0.3 is 15.2 Å². The molecule has 4 heterocycles. The minimum Gasteiger partial charge on any atom is -0.370 e. The van der Waals surface area contributed by atoms with Gasteiger partial charge in [-0.25, -0.2) is 15.0 Å². The van der Waals surface area contributed by atoms with Gasteiger partial charge in [0.15, 0.2) is 17.0 Å². The van der Waals surface area contributed by atoms with Gasteiger partial charge in [0, 0.05) is 31.6 Å². The van der Waals surface area contributed by atoms with Gasteiger partial charge in [-0.3, -0.25) is 9.78 Å². The zero-order valence-electron chi connectivity index (χ0n) is 17.9. The van der Waals surface area contributed by atoms with Gasteiger partial charge >= 0.3 is 0 Å². The fourth-order valence-electron chi connectivity index (χ4n) is 3.23. The van der Waals surface area contributed by atoms with Crippen LogP contribution in [0, 0.1) is 0 Å². The molecule has 0 atom stereocenters. The Balaban J connectivity index is 0.000000589. The molecule has 1 aliphatic heterocycles. The molecule has 8 nitrogen and oxygen atoms in total. The molecular weight excluding hydrogens is 402 g/mol. The first-order valence-electron chi connectivity index (χ1n) is 10.0. The van der Waals surface area contributed by atoms with E-state index in [0.717, 1.165) is 41.6 Å². The second-order valence-electron chi connectivity index (χ2n) is 8.40. The Bertz CT molecular complexity index is 1030. The third kappa shape index (κ3) is 5.05. The summed E-state index contributed by atoms with van der Waals surface area (Å²) in [6.45, 7) is 10.3. The number of halogens is 1. The molecule has 0 aliphatic carbocycles. The minimum atomic E-state index is -0.333. The van der Waals surface area contributed by atoms with Crippen molar-refractivity contribution in [3.8, 4) is 0 Å². The lowest BCUT2D eigenvalue weighted by Crippen LogP contribution is -2.23. The van der Waals surface area contributed by atoms with E-state index in [1.54, 1.807) is 6.20 Å². The van der Waals surface area contributed by atoms with Crippen molar-refractivity contribution >= 4 is 34.5 Å². The van der Waals surface area contributed by atoms with Gasteiger partial charge in [-0.15, -0.1) is 0 Å². The van der Waals surface area contributed by atoms with Crippen molar-refractivity contribution in [2.75, 3.05) is 18.0 Å². The number of pyridine rings is 1. The molecule has 0 radical (unpaired) electrons. The van der Waals surface area contributed by atoms with Crippen molar-refractivity contribution < 1.29 is 4.79 Å². The molecule has 2 N–H and O–H groups in total. The number of amides is 1. The highest BCUT2D eigenvalue weighted by atomic mass is 35.5. The number of primary amides is 1. The highest BCUT2D eigenvalue weighted by Gasteiger charge is 2.25. The fourth-order valence-corrected chi connectivity index (χ4v) is 3.41. The van der Waals surface area contributed by atoms with E-state index < -0.39 is 0 Å². The maximum Gasteiger partial charge on any atom is 0.214 e. The number of nitrogens with two attached hydrogens (primary N) is 1. The van der Waals surface area contributed by atoms with Crippen molar-refractivity contribution in [2.24, 2.45) is 5.73 Å². The predicted octanol–water partition coefficient (Wildman–Crippen LogP) is 3.31. The largest absolute Gasteiger partial charge is 0.370 e. The summed E-state index contributed by atoms with van der Waals surface area (Å²) in [6.07, 6.45) is 5.96. The summed E-state index contributed by atoms with van der Waals surface area (Å²) in [5, 5.41) is 0.652. The number of hydrogen-bond donors (Lipinski definition) is 1. The van der Waals surface area contributed by atoms with Crippen LogP contribution >= 0.6 is 11.6 Å². The van der Waals surface area contributed by atoms with Crippen LogP contribution < -0.4 is 10.6 Å². The molecule has 4 rings (SSSR count). The summed E-state index contributed by atoms with van der Waals surface area (Å²) in [5.41, 5.74) is 6.84. The van der Waals surface area contributed by atoms with Gasteiger partial charge in [-0.1, -0.05) is 32.4 Å². The summed E-state index contributed by atoms with van der Waals surface area (Å²) in [5.74, 6) is 1.45. The number of fused-ring (bicyclic) bond motifs is 1. The van der Waals surface area contributed by atoms with Crippen molar-refractivity contribution in [1.29, 1.82) is 0 Å². The van der Waals surface area contributed by atoms with Crippen LogP contribution in [0.2, 0.25) is 5.02 Å². The standard InChI is InChI=1S/C19H23ClN6.C2H5NO/c1-19(2,3)18-23-16(25-9-4-5-10-25)15-17(24-18)26(12-22-15)11-14-13(20)7-6-8-21-14;1-2(3)4/h6-8,12H,4-5,9-11H2,1-3H3;1H3,(H2,3,4). The SMILES string of the molecule is CC(C)(C)c1nc(N2CCCC2)c2ncn(Cc3ncccc3Cl)c2n1.CC(N)=O. The Kier molecular flexibility index (Phi) is 6.55. The Morgan fingerprint density at radius 3 is 2.47 bits per heavy atom. The monoisotopic (exact) mass is 429 g/mol. The number of nitrogens with zero attached hydrogens (tertiary/aromatic N) is 6. The van der Waals surface area contributed by atoms with Gasteiger partial charge in [-0.05, 0) is 25.0 Å². The van der Waals surface area contributed by atoms with Gasteiger partial charge in [0.2, 0.25) is 5.91 Å². The molecule has 3 aromatic heterocycles. The number of hydrogen-bond acceptors (Lipinski definition) is 6. The lowest BCUT2D eigenvalue weighted by molar-refractivity contribution is -0.115. The van der Waals surface area contributed by atoms with Crippen LogP contribution in [-0.2, 0) is 16.8 Å². The van der Waals surface area contributed by atoms with Crippen LogP contribution in [0.4, 0.5) is 5.82 Å². The molecule has 1 saturated heterocycles. The van der Waals surface area contributed by atoms with Crippen LogP contribution in [-0.4, -0.2) is 43.5 Å². The summed E-state index contributed by atoms with van der Waals surface area (Å²) in [4.78, 5) is 30.3. The summed E-state index contributed by atoms with van der Waals surface area (Å²) >= 11 is 6.29. The first-order valence-corrected chi connectivity index (χ1v) is 10.4. The molecule has 30 heavy (non-hydrogen) atoms. The summed E-state index contributed by atoms with van der Waals surface area (Å²) in [6, 6.07) is 3.69. The Hall–Kier alpha value is -2.74. The van der Waals surface area contributed by atoms with E-state index in [9.17, 15) is 4.79 Å². The average molecular weight is 430 g/mol. The zero-order valence-corrected chi connectivity index (χ0v) is 18.6. The summed E-state index contributed by atoms with van der Waals surface area (Å²) < 4.78 is 2.01. The molecule has 9 heteroatoms. The molecule has 0 unspecified atom stereocenters. The number of imidazole rings is 1. The van der Waals surface area contributed by atoms with Crippen molar-refractivity contribution in [2.45, 2.75) is 52.5 Å². The maximum absolute atomic E-state index is 9.22. The van der Waals surface area contributed by atoms with E-state index in [1.807, 2.05) is 23.0 Å². The van der Waals surface area contributed by atoms with Crippen molar-refractivity contribution in [3.63, 3.8) is 0 Å².